The van der Waals surface area contributed by atoms with E-state index < -0.39 is 4.92 Å². The number of aryl methyl sites for hydroxylation is 1. The Morgan fingerprint density at radius 1 is 1.38 bits per heavy atom. The number of benzene rings is 1. The van der Waals surface area contributed by atoms with E-state index in [1.807, 2.05) is 0 Å². The number of carbonyl (C=O) groups is 2. The molecule has 8 nitrogen and oxygen atoms in total. The number of ether oxygens (including phenoxy) is 1. The average Bonchev–Trinajstić information content (AvgIpc) is 2.59. The van der Waals surface area contributed by atoms with Crippen molar-refractivity contribution in [1.29, 1.82) is 0 Å². The highest BCUT2D eigenvalue weighted by Gasteiger charge is 2.23. The van der Waals surface area contributed by atoms with Crippen LogP contribution in [-0.4, -0.2) is 48.6 Å². The molecule has 0 spiro atoms. The Morgan fingerprint density at radius 3 is 2.58 bits per heavy atom. The monoisotopic (exact) mass is 335 g/mol. The SMILES string of the molecule is COC(=O)N1CCC(CNC(=O)c2ccc([N+](=O)[O-])c(C)c2)CC1. The second-order valence-corrected chi connectivity index (χ2v) is 5.87. The molecule has 0 aliphatic carbocycles. The molecule has 0 unspecified atom stereocenters. The Bertz CT molecular complexity index is 639. The van der Waals surface area contributed by atoms with Gasteiger partial charge in [-0.25, -0.2) is 4.79 Å². The summed E-state index contributed by atoms with van der Waals surface area (Å²) in [5, 5.41) is 13.7. The van der Waals surface area contributed by atoms with Crippen LogP contribution < -0.4 is 5.32 Å². The lowest BCUT2D eigenvalue weighted by Gasteiger charge is -2.30. The number of hydrogen-bond donors (Lipinski definition) is 1. The Hall–Kier alpha value is -2.64. The number of carbonyl (C=O) groups excluding carboxylic acids is 2. The summed E-state index contributed by atoms with van der Waals surface area (Å²) < 4.78 is 4.69. The molecule has 0 bridgehead atoms. The maximum Gasteiger partial charge on any atom is 0.409 e. The molecule has 130 valence electrons. The lowest BCUT2D eigenvalue weighted by Crippen LogP contribution is -2.41. The van der Waals surface area contributed by atoms with Crippen LogP contribution in [0.1, 0.15) is 28.8 Å². The van der Waals surface area contributed by atoms with Gasteiger partial charge < -0.3 is 15.0 Å². The van der Waals surface area contributed by atoms with Gasteiger partial charge in [-0.05, 0) is 37.8 Å². The molecule has 1 aliphatic rings. The molecule has 1 saturated heterocycles. The van der Waals surface area contributed by atoms with Crippen molar-refractivity contribution in [3.05, 3.63) is 39.4 Å². The maximum atomic E-state index is 12.2. The van der Waals surface area contributed by atoms with Crippen LogP contribution in [0.25, 0.3) is 0 Å². The van der Waals surface area contributed by atoms with E-state index >= 15 is 0 Å². The summed E-state index contributed by atoms with van der Waals surface area (Å²) in [6.07, 6.45) is 1.28. The van der Waals surface area contributed by atoms with Crippen molar-refractivity contribution >= 4 is 17.7 Å². The molecular weight excluding hydrogens is 314 g/mol. The third-order valence-corrected chi connectivity index (χ3v) is 4.25. The highest BCUT2D eigenvalue weighted by Crippen LogP contribution is 2.20. The molecule has 2 amide bonds. The summed E-state index contributed by atoms with van der Waals surface area (Å²) in [6.45, 7) is 3.36. The smallest absolute Gasteiger partial charge is 0.409 e. The van der Waals surface area contributed by atoms with Crippen LogP contribution in [0.5, 0.6) is 0 Å². The van der Waals surface area contributed by atoms with Gasteiger partial charge in [0.05, 0.1) is 12.0 Å². The zero-order chi connectivity index (χ0) is 17.7. The number of nitrogens with one attached hydrogen (secondary N) is 1. The Kier molecular flexibility index (Phi) is 5.73. The Balaban J connectivity index is 1.85. The quantitative estimate of drug-likeness (QED) is 0.671. The third-order valence-electron chi connectivity index (χ3n) is 4.25. The molecule has 8 heteroatoms. The van der Waals surface area contributed by atoms with Crippen molar-refractivity contribution in [2.75, 3.05) is 26.7 Å². The first kappa shape index (κ1) is 17.7. The number of likely N-dealkylation sites (tertiary alicyclic amines) is 1. The van der Waals surface area contributed by atoms with Gasteiger partial charge in [0.15, 0.2) is 0 Å². The van der Waals surface area contributed by atoms with E-state index in [9.17, 15) is 19.7 Å². The van der Waals surface area contributed by atoms with Crippen molar-refractivity contribution < 1.29 is 19.2 Å². The number of nitro groups is 1. The van der Waals surface area contributed by atoms with Gasteiger partial charge in [-0.2, -0.15) is 0 Å². The van der Waals surface area contributed by atoms with Crippen LogP contribution >= 0.6 is 0 Å². The topological polar surface area (TPSA) is 102 Å². The van der Waals surface area contributed by atoms with Crippen molar-refractivity contribution in [3.8, 4) is 0 Å². The van der Waals surface area contributed by atoms with Crippen LogP contribution in [0, 0.1) is 23.0 Å². The minimum absolute atomic E-state index is 0.00160. The maximum absolute atomic E-state index is 12.2. The van der Waals surface area contributed by atoms with Gasteiger partial charge in [0.25, 0.3) is 11.6 Å². The Labute approximate surface area is 139 Å². The standard InChI is InChI=1S/C16H21N3O5/c1-11-9-13(3-4-14(11)19(22)23)15(20)17-10-12-5-7-18(8-6-12)16(21)24-2/h3-4,9,12H,5-8,10H2,1-2H3,(H,17,20). The molecule has 0 radical (unpaired) electrons. The lowest BCUT2D eigenvalue weighted by molar-refractivity contribution is -0.385. The first-order valence-electron chi connectivity index (χ1n) is 7.78. The summed E-state index contributed by atoms with van der Waals surface area (Å²) >= 11 is 0. The molecule has 1 heterocycles. The predicted octanol–water partition coefficient (Wildman–Crippen LogP) is 2.11. The van der Waals surface area contributed by atoms with E-state index in [1.54, 1.807) is 11.8 Å². The fourth-order valence-electron chi connectivity index (χ4n) is 2.79. The van der Waals surface area contributed by atoms with Gasteiger partial charge >= 0.3 is 6.09 Å². The van der Waals surface area contributed by atoms with Crippen LogP contribution in [0.2, 0.25) is 0 Å². The number of rotatable bonds is 4. The highest BCUT2D eigenvalue weighted by atomic mass is 16.6. The zero-order valence-electron chi connectivity index (χ0n) is 13.8. The molecule has 0 atom stereocenters. The van der Waals surface area contributed by atoms with Gasteiger partial charge in [0.2, 0.25) is 0 Å². The predicted molar refractivity (Wildman–Crippen MR) is 86.9 cm³/mol. The van der Waals surface area contributed by atoms with E-state index in [0.29, 0.717) is 36.7 Å². The molecule has 2 rings (SSSR count). The molecule has 1 aromatic carbocycles. The van der Waals surface area contributed by atoms with Gasteiger partial charge in [0.1, 0.15) is 0 Å². The third kappa shape index (κ3) is 4.21. The number of nitrogens with zero attached hydrogens (tertiary/aromatic N) is 2. The van der Waals surface area contributed by atoms with Gasteiger partial charge in [-0.3, -0.25) is 14.9 Å². The van der Waals surface area contributed by atoms with Crippen LogP contribution in [0.3, 0.4) is 0 Å². The molecule has 0 aromatic heterocycles. The van der Waals surface area contributed by atoms with Crippen LogP contribution in [-0.2, 0) is 4.74 Å². The molecule has 1 N–H and O–H groups in total. The van der Waals surface area contributed by atoms with Crippen LogP contribution in [0.4, 0.5) is 10.5 Å². The zero-order valence-corrected chi connectivity index (χ0v) is 13.8. The summed E-state index contributed by atoms with van der Waals surface area (Å²) in [4.78, 5) is 35.6. The lowest BCUT2D eigenvalue weighted by atomic mass is 9.97. The summed E-state index contributed by atoms with van der Waals surface area (Å²) in [5.74, 6) is 0.0531. The number of piperidine rings is 1. The fourth-order valence-corrected chi connectivity index (χ4v) is 2.79. The summed E-state index contributed by atoms with van der Waals surface area (Å²) in [6, 6.07) is 4.33. The molecule has 0 saturated carbocycles. The minimum atomic E-state index is -0.466. The van der Waals surface area contributed by atoms with Crippen molar-refractivity contribution in [1.82, 2.24) is 10.2 Å². The first-order chi connectivity index (χ1) is 11.4. The fraction of sp³-hybridized carbons (Fsp3) is 0.500. The van der Waals surface area contributed by atoms with Gasteiger partial charge in [-0.1, -0.05) is 0 Å². The second-order valence-electron chi connectivity index (χ2n) is 5.87. The van der Waals surface area contributed by atoms with E-state index in [4.69, 9.17) is 0 Å². The van der Waals surface area contributed by atoms with Gasteiger partial charge in [0, 0.05) is 36.8 Å². The van der Waals surface area contributed by atoms with E-state index in [1.165, 1.54) is 25.3 Å². The highest BCUT2D eigenvalue weighted by molar-refractivity contribution is 5.94. The molecule has 1 fully saturated rings. The van der Waals surface area contributed by atoms with Crippen molar-refractivity contribution in [3.63, 3.8) is 0 Å². The minimum Gasteiger partial charge on any atom is -0.453 e. The van der Waals surface area contributed by atoms with E-state index in [-0.39, 0.29) is 17.7 Å². The normalized spacial score (nSPS) is 15.0. The van der Waals surface area contributed by atoms with Crippen molar-refractivity contribution in [2.24, 2.45) is 5.92 Å². The number of hydrogen-bond acceptors (Lipinski definition) is 5. The molecular formula is C16H21N3O5. The van der Waals surface area contributed by atoms with E-state index in [2.05, 4.69) is 10.1 Å². The van der Waals surface area contributed by atoms with E-state index in [0.717, 1.165) is 12.8 Å². The number of amides is 2. The van der Waals surface area contributed by atoms with Gasteiger partial charge in [-0.15, -0.1) is 0 Å². The number of nitro benzene ring substituents is 1. The molecule has 1 aliphatic heterocycles. The molecule has 24 heavy (non-hydrogen) atoms. The summed E-state index contributed by atoms with van der Waals surface area (Å²) in [5.41, 5.74) is 0.867. The Morgan fingerprint density at radius 2 is 2.04 bits per heavy atom. The molecule has 1 aromatic rings. The largest absolute Gasteiger partial charge is 0.453 e. The van der Waals surface area contributed by atoms with Crippen molar-refractivity contribution in [2.45, 2.75) is 19.8 Å². The second kappa shape index (κ2) is 7.76. The van der Waals surface area contributed by atoms with Crippen LogP contribution in [0.15, 0.2) is 18.2 Å². The summed E-state index contributed by atoms with van der Waals surface area (Å²) in [7, 11) is 1.36. The average molecular weight is 335 g/mol. The number of methoxy groups -OCH3 is 1. The first-order valence-corrected chi connectivity index (χ1v) is 7.78.